The minimum Gasteiger partial charge on any atom is -0.478 e. The van der Waals surface area contributed by atoms with Crippen molar-refractivity contribution in [1.82, 2.24) is 0 Å². The Hall–Kier alpha value is -0.810. The molecule has 0 bridgehead atoms. The van der Waals surface area contributed by atoms with Crippen LogP contribution in [0.15, 0.2) is 23.1 Å². The molecule has 2 N–H and O–H groups in total. The fourth-order valence-corrected chi connectivity index (χ4v) is 2.86. The van der Waals surface area contributed by atoms with E-state index in [1.54, 1.807) is 0 Å². The lowest BCUT2D eigenvalue weighted by atomic mass is 10.1. The van der Waals surface area contributed by atoms with E-state index in [0.717, 1.165) is 35.1 Å². The summed E-state index contributed by atoms with van der Waals surface area (Å²) >= 11 is 3.36. The number of carbonyl (C=O) groups is 1. The van der Waals surface area contributed by atoms with Crippen molar-refractivity contribution in [2.24, 2.45) is 0 Å². The second-order valence-electron chi connectivity index (χ2n) is 3.67. The molecule has 0 aliphatic carbocycles. The molecular formula is C13H19NO2S2. The highest BCUT2D eigenvalue weighted by Crippen LogP contribution is 2.27. The van der Waals surface area contributed by atoms with Crippen LogP contribution in [0.25, 0.3) is 0 Å². The van der Waals surface area contributed by atoms with Crippen LogP contribution < -0.4 is 5.32 Å². The molecule has 0 aliphatic heterocycles. The normalized spacial score (nSPS) is 10.3. The number of hydrogen-bond acceptors (Lipinski definition) is 4. The molecule has 0 aromatic heterocycles. The summed E-state index contributed by atoms with van der Waals surface area (Å²) in [4.78, 5) is 12.1. The molecule has 0 unspecified atom stereocenters. The Morgan fingerprint density at radius 3 is 2.83 bits per heavy atom. The Morgan fingerprint density at radius 1 is 1.44 bits per heavy atom. The van der Waals surface area contributed by atoms with Crippen molar-refractivity contribution in [3.63, 3.8) is 0 Å². The number of anilines is 1. The predicted octanol–water partition coefficient (Wildman–Crippen LogP) is 3.66. The Balaban J connectivity index is 2.67. The molecule has 5 heteroatoms. The molecule has 0 heterocycles. The van der Waals surface area contributed by atoms with E-state index >= 15 is 0 Å². The van der Waals surface area contributed by atoms with Crippen molar-refractivity contribution in [2.45, 2.75) is 18.2 Å². The molecule has 0 saturated carbocycles. The van der Waals surface area contributed by atoms with Crippen molar-refractivity contribution >= 4 is 35.2 Å². The van der Waals surface area contributed by atoms with Gasteiger partial charge in [-0.2, -0.15) is 11.8 Å². The quantitative estimate of drug-likeness (QED) is 0.564. The van der Waals surface area contributed by atoms with E-state index in [1.165, 1.54) is 11.8 Å². The molecule has 18 heavy (non-hydrogen) atoms. The van der Waals surface area contributed by atoms with E-state index in [4.69, 9.17) is 0 Å². The van der Waals surface area contributed by atoms with E-state index in [1.807, 2.05) is 36.2 Å². The fourth-order valence-electron chi connectivity index (χ4n) is 1.61. The zero-order chi connectivity index (χ0) is 13.4. The van der Waals surface area contributed by atoms with Crippen LogP contribution in [0.3, 0.4) is 0 Å². The number of thioether (sulfide) groups is 2. The largest absolute Gasteiger partial charge is 0.478 e. The van der Waals surface area contributed by atoms with Crippen LogP contribution >= 0.6 is 23.5 Å². The molecule has 0 spiro atoms. The third-order valence-electron chi connectivity index (χ3n) is 2.45. The molecule has 0 aliphatic rings. The molecule has 0 atom stereocenters. The monoisotopic (exact) mass is 285 g/mol. The van der Waals surface area contributed by atoms with Gasteiger partial charge in [0.05, 0.1) is 5.56 Å². The van der Waals surface area contributed by atoms with Gasteiger partial charge in [0, 0.05) is 17.1 Å². The van der Waals surface area contributed by atoms with Gasteiger partial charge in [-0.3, -0.25) is 0 Å². The summed E-state index contributed by atoms with van der Waals surface area (Å²) in [5.41, 5.74) is 1.10. The van der Waals surface area contributed by atoms with E-state index in [9.17, 15) is 9.90 Å². The van der Waals surface area contributed by atoms with E-state index < -0.39 is 5.97 Å². The van der Waals surface area contributed by atoms with Crippen molar-refractivity contribution in [3.05, 3.63) is 23.8 Å². The maximum Gasteiger partial charge on any atom is 0.338 e. The van der Waals surface area contributed by atoms with E-state index in [2.05, 4.69) is 12.2 Å². The van der Waals surface area contributed by atoms with Crippen LogP contribution in [0, 0.1) is 0 Å². The molecule has 0 amide bonds. The highest BCUT2D eigenvalue weighted by atomic mass is 32.2. The Labute approximate surface area is 117 Å². The van der Waals surface area contributed by atoms with Gasteiger partial charge in [-0.25, -0.2) is 4.79 Å². The van der Waals surface area contributed by atoms with Gasteiger partial charge in [0.25, 0.3) is 0 Å². The lowest BCUT2D eigenvalue weighted by Crippen LogP contribution is -2.09. The van der Waals surface area contributed by atoms with Crippen LogP contribution in [0.2, 0.25) is 0 Å². The Kier molecular flexibility index (Phi) is 7.05. The topological polar surface area (TPSA) is 49.3 Å². The summed E-state index contributed by atoms with van der Waals surface area (Å²) in [7, 11) is 0. The van der Waals surface area contributed by atoms with Crippen LogP contribution in [-0.4, -0.2) is 35.4 Å². The van der Waals surface area contributed by atoms with Crippen LogP contribution in [0.4, 0.5) is 5.69 Å². The third-order valence-corrected chi connectivity index (χ3v) is 4.21. The second kappa shape index (κ2) is 8.32. The van der Waals surface area contributed by atoms with Crippen LogP contribution in [0.5, 0.6) is 0 Å². The highest BCUT2D eigenvalue weighted by Gasteiger charge is 2.14. The number of carboxylic acid groups (broad SMARTS) is 1. The number of nitrogens with one attached hydrogen (secondary N) is 1. The van der Waals surface area contributed by atoms with Crippen LogP contribution in [0.1, 0.15) is 23.7 Å². The van der Waals surface area contributed by atoms with Crippen LogP contribution in [-0.2, 0) is 0 Å². The predicted molar refractivity (Wildman–Crippen MR) is 81.3 cm³/mol. The van der Waals surface area contributed by atoms with Gasteiger partial charge in [-0.1, -0.05) is 13.0 Å². The van der Waals surface area contributed by atoms with Crippen molar-refractivity contribution < 1.29 is 9.90 Å². The molecule has 100 valence electrons. The zero-order valence-electron chi connectivity index (χ0n) is 10.7. The standard InChI is InChI=1S/C13H19NO2S2/c1-3-18-9-5-8-14-10-6-4-7-11(17-2)12(10)13(15)16/h4,6-7,14H,3,5,8-9H2,1-2H3,(H,15,16). The first kappa shape index (κ1) is 15.2. The summed E-state index contributed by atoms with van der Waals surface area (Å²) in [6.45, 7) is 2.95. The summed E-state index contributed by atoms with van der Waals surface area (Å²) in [5.74, 6) is 1.36. The van der Waals surface area contributed by atoms with Gasteiger partial charge in [-0.15, -0.1) is 11.8 Å². The van der Waals surface area contributed by atoms with Gasteiger partial charge >= 0.3 is 5.97 Å². The smallest absolute Gasteiger partial charge is 0.338 e. The van der Waals surface area contributed by atoms with Crippen molar-refractivity contribution in [1.29, 1.82) is 0 Å². The van der Waals surface area contributed by atoms with Crippen molar-refractivity contribution in [2.75, 3.05) is 29.6 Å². The van der Waals surface area contributed by atoms with Gasteiger partial charge in [0.1, 0.15) is 0 Å². The lowest BCUT2D eigenvalue weighted by Gasteiger charge is -2.12. The molecule has 1 aromatic rings. The number of hydrogen-bond donors (Lipinski definition) is 2. The summed E-state index contributed by atoms with van der Waals surface area (Å²) < 4.78 is 0. The zero-order valence-corrected chi connectivity index (χ0v) is 12.4. The maximum absolute atomic E-state index is 11.3. The molecule has 1 rings (SSSR count). The van der Waals surface area contributed by atoms with Gasteiger partial charge in [0.2, 0.25) is 0 Å². The minimum absolute atomic E-state index is 0.383. The summed E-state index contributed by atoms with van der Waals surface area (Å²) in [6.07, 6.45) is 2.94. The molecule has 0 fully saturated rings. The molecule has 3 nitrogen and oxygen atoms in total. The summed E-state index contributed by atoms with van der Waals surface area (Å²) in [5, 5.41) is 12.5. The number of benzene rings is 1. The van der Waals surface area contributed by atoms with Gasteiger partial charge < -0.3 is 10.4 Å². The van der Waals surface area contributed by atoms with Gasteiger partial charge in [0.15, 0.2) is 0 Å². The Morgan fingerprint density at radius 2 is 2.22 bits per heavy atom. The third kappa shape index (κ3) is 4.46. The fraction of sp³-hybridized carbons (Fsp3) is 0.462. The number of carboxylic acids is 1. The lowest BCUT2D eigenvalue weighted by molar-refractivity contribution is 0.0694. The van der Waals surface area contributed by atoms with E-state index in [0.29, 0.717) is 5.56 Å². The molecule has 1 aromatic carbocycles. The SMILES string of the molecule is CCSCCCNc1cccc(SC)c1C(=O)O. The average molecular weight is 285 g/mol. The molecule has 0 radical (unpaired) electrons. The first-order valence-corrected chi connectivity index (χ1v) is 8.30. The first-order chi connectivity index (χ1) is 8.70. The average Bonchev–Trinajstić information content (AvgIpc) is 2.37. The number of aromatic carboxylic acids is 1. The molecular weight excluding hydrogens is 266 g/mol. The first-order valence-electron chi connectivity index (χ1n) is 5.92. The minimum atomic E-state index is -0.870. The summed E-state index contributed by atoms with van der Waals surface area (Å²) in [6, 6.07) is 5.56. The van der Waals surface area contributed by atoms with E-state index in [-0.39, 0.29) is 0 Å². The maximum atomic E-state index is 11.3. The highest BCUT2D eigenvalue weighted by molar-refractivity contribution is 7.99. The second-order valence-corrected chi connectivity index (χ2v) is 5.91. The number of rotatable bonds is 8. The Bertz CT molecular complexity index is 397. The molecule has 0 saturated heterocycles. The van der Waals surface area contributed by atoms with Crippen molar-refractivity contribution in [3.8, 4) is 0 Å². The van der Waals surface area contributed by atoms with Gasteiger partial charge in [-0.05, 0) is 36.3 Å².